The molecule has 0 aliphatic carbocycles. The van der Waals surface area contributed by atoms with Crippen molar-refractivity contribution in [3.8, 4) is 0 Å². The number of nitrogens with one attached hydrogen (secondary N) is 4. The largest absolute Gasteiger partial charge is 1.00 e. The standard InChI is InChI=1S/C30H29ClN6O.ClH/c1-36(2)25-11-12-26-27(13-15-32-28(26)19-25)33-22-7-9-23(10-8-22)35-30(38)20-5-4-6-24(17-20)34-29-18-21(31)14-16-37(29)3;/h4-19,29,34H,1-3H3,(H,32,33)(H,35,38);1H. The second kappa shape index (κ2) is 12.1. The van der Waals surface area contributed by atoms with Gasteiger partial charge in [-0.2, -0.15) is 0 Å². The lowest BCUT2D eigenvalue weighted by Crippen LogP contribution is -3.00. The van der Waals surface area contributed by atoms with Gasteiger partial charge in [0.2, 0.25) is 5.52 Å². The van der Waals surface area contributed by atoms with Crippen LogP contribution in [0.3, 0.4) is 0 Å². The molecule has 9 heteroatoms. The van der Waals surface area contributed by atoms with Crippen LogP contribution in [-0.4, -0.2) is 38.1 Å². The van der Waals surface area contributed by atoms with Crippen molar-refractivity contribution in [3.63, 3.8) is 0 Å². The van der Waals surface area contributed by atoms with Gasteiger partial charge >= 0.3 is 0 Å². The molecular weight excluding hydrogens is 531 g/mol. The molecule has 0 radical (unpaired) electrons. The number of fused-ring (bicyclic) bond motifs is 1. The summed E-state index contributed by atoms with van der Waals surface area (Å²) in [7, 11) is 6.02. The molecule has 1 atom stereocenters. The number of aromatic nitrogens is 1. The summed E-state index contributed by atoms with van der Waals surface area (Å²) in [4.78, 5) is 20.4. The quantitative estimate of drug-likeness (QED) is 0.324. The van der Waals surface area contributed by atoms with Crippen molar-refractivity contribution in [2.75, 3.05) is 42.0 Å². The molecule has 1 aliphatic heterocycles. The monoisotopic (exact) mass is 560 g/mol. The average molecular weight is 562 g/mol. The fraction of sp³-hybridized carbons (Fsp3) is 0.133. The van der Waals surface area contributed by atoms with Gasteiger partial charge in [-0.15, -0.1) is 0 Å². The molecule has 1 amide bonds. The van der Waals surface area contributed by atoms with E-state index in [4.69, 9.17) is 11.6 Å². The van der Waals surface area contributed by atoms with E-state index in [1.807, 2.05) is 99.1 Å². The van der Waals surface area contributed by atoms with Gasteiger partial charge in [-0.3, -0.25) is 4.79 Å². The Morgan fingerprint density at radius 1 is 0.974 bits per heavy atom. The molecule has 3 aromatic carbocycles. The molecule has 0 saturated carbocycles. The number of benzene rings is 3. The molecular formula is C30H30Cl2N6O. The number of anilines is 5. The smallest absolute Gasteiger partial charge is 0.255 e. The van der Waals surface area contributed by atoms with Gasteiger partial charge in [0.05, 0.1) is 11.1 Å². The Morgan fingerprint density at radius 2 is 1.74 bits per heavy atom. The molecule has 0 spiro atoms. The number of carbonyl (C=O) groups excluding carboxylic acids is 1. The normalized spacial score (nSPS) is 14.3. The van der Waals surface area contributed by atoms with Crippen LogP contribution in [0.5, 0.6) is 0 Å². The van der Waals surface area contributed by atoms with Crippen molar-refractivity contribution in [2.45, 2.75) is 6.17 Å². The van der Waals surface area contributed by atoms with Crippen molar-refractivity contribution in [3.05, 3.63) is 108 Å². The van der Waals surface area contributed by atoms with E-state index in [0.29, 0.717) is 16.3 Å². The minimum absolute atomic E-state index is 0. The zero-order valence-electron chi connectivity index (χ0n) is 21.9. The van der Waals surface area contributed by atoms with Crippen molar-refractivity contribution >= 4 is 56.8 Å². The van der Waals surface area contributed by atoms with Gasteiger partial charge in [0.25, 0.3) is 5.91 Å². The number of nitrogens with zero attached hydrogens (tertiary/aromatic N) is 2. The third kappa shape index (κ3) is 6.63. The van der Waals surface area contributed by atoms with Crippen molar-refractivity contribution in [1.82, 2.24) is 4.90 Å². The summed E-state index contributed by atoms with van der Waals surface area (Å²) in [6.07, 6.45) is 7.50. The maximum absolute atomic E-state index is 13.0. The number of allylic oxidation sites excluding steroid dienone is 2. The number of likely N-dealkylation sites (N-methyl/N-ethyl adjacent to an activating group) is 1. The molecule has 1 aromatic heterocycles. The molecule has 0 saturated heterocycles. The number of pyridine rings is 1. The maximum Gasteiger partial charge on any atom is 0.255 e. The summed E-state index contributed by atoms with van der Waals surface area (Å²) in [5, 5.41) is 11.6. The summed E-state index contributed by atoms with van der Waals surface area (Å²) >= 11 is 6.15. The molecule has 1 aliphatic rings. The molecule has 0 fully saturated rings. The Kier molecular flexibility index (Phi) is 8.64. The van der Waals surface area contributed by atoms with Crippen LogP contribution in [0.15, 0.2) is 102 Å². The van der Waals surface area contributed by atoms with Crippen LogP contribution in [0.1, 0.15) is 10.4 Å². The topological polar surface area (TPSA) is 73.8 Å². The predicted molar refractivity (Wildman–Crippen MR) is 157 cm³/mol. The highest BCUT2D eigenvalue weighted by atomic mass is 35.5. The van der Waals surface area contributed by atoms with E-state index in [0.717, 1.165) is 33.7 Å². The van der Waals surface area contributed by atoms with Gasteiger partial charge in [0.1, 0.15) is 6.17 Å². The molecule has 200 valence electrons. The zero-order valence-corrected chi connectivity index (χ0v) is 23.4. The van der Waals surface area contributed by atoms with E-state index in [1.165, 1.54) is 0 Å². The van der Waals surface area contributed by atoms with Gasteiger partial charge in [0, 0.05) is 72.8 Å². The van der Waals surface area contributed by atoms with Crippen molar-refractivity contribution < 1.29 is 22.2 Å². The average Bonchev–Trinajstić information content (AvgIpc) is 2.92. The van der Waals surface area contributed by atoms with Crippen LogP contribution in [0, 0.1) is 0 Å². The lowest BCUT2D eigenvalue weighted by Gasteiger charge is -2.28. The third-order valence-electron chi connectivity index (χ3n) is 6.38. The SMILES string of the molecule is CN(C)c1ccc2c(Nc3ccc(NC(=O)c4cccc(NC5C=C(Cl)C=CN5C)c4)cc3)cc[nH+]c2c1.[Cl-]. The number of hydrogen-bond acceptors (Lipinski definition) is 5. The van der Waals surface area contributed by atoms with E-state index in [9.17, 15) is 4.79 Å². The molecule has 4 aromatic rings. The van der Waals surface area contributed by atoms with Crippen LogP contribution >= 0.6 is 11.6 Å². The summed E-state index contributed by atoms with van der Waals surface area (Å²) in [6, 6.07) is 23.4. The number of carbonyl (C=O) groups is 1. The fourth-order valence-electron chi connectivity index (χ4n) is 4.24. The Balaban J connectivity index is 0.00000353. The summed E-state index contributed by atoms with van der Waals surface area (Å²) < 4.78 is 0. The summed E-state index contributed by atoms with van der Waals surface area (Å²) in [5.74, 6) is -0.180. The third-order valence-corrected chi connectivity index (χ3v) is 6.64. The summed E-state index contributed by atoms with van der Waals surface area (Å²) in [5.41, 5.74) is 6.21. The Bertz CT molecular complexity index is 1530. The molecule has 4 N–H and O–H groups in total. The van der Waals surface area contributed by atoms with Gasteiger partial charge in [-0.1, -0.05) is 17.7 Å². The van der Waals surface area contributed by atoms with E-state index < -0.39 is 0 Å². The number of halogens is 2. The molecule has 0 bridgehead atoms. The number of hydrogen-bond donors (Lipinski definition) is 3. The number of H-pyrrole nitrogens is 1. The Labute approximate surface area is 239 Å². The van der Waals surface area contributed by atoms with E-state index >= 15 is 0 Å². The fourth-order valence-corrected chi connectivity index (χ4v) is 4.42. The molecule has 1 unspecified atom stereocenters. The predicted octanol–water partition coefficient (Wildman–Crippen LogP) is 3.04. The van der Waals surface area contributed by atoms with Gasteiger partial charge in [-0.05, 0) is 66.7 Å². The molecule has 2 heterocycles. The first kappa shape index (κ1) is 27.8. The minimum atomic E-state index is -0.180. The van der Waals surface area contributed by atoms with Crippen molar-refractivity contribution in [1.29, 1.82) is 0 Å². The lowest BCUT2D eigenvalue weighted by atomic mass is 10.1. The Hall–Kier alpha value is -4.20. The first-order chi connectivity index (χ1) is 18.4. The van der Waals surface area contributed by atoms with Gasteiger partial charge < -0.3 is 38.2 Å². The van der Waals surface area contributed by atoms with Crippen LogP contribution in [-0.2, 0) is 0 Å². The second-order valence-electron chi connectivity index (χ2n) is 9.37. The van der Waals surface area contributed by atoms with Crippen LogP contribution in [0.25, 0.3) is 10.9 Å². The number of rotatable bonds is 7. The number of amides is 1. The summed E-state index contributed by atoms with van der Waals surface area (Å²) in [6.45, 7) is 0. The lowest BCUT2D eigenvalue weighted by molar-refractivity contribution is -0.344. The zero-order chi connectivity index (χ0) is 26.6. The second-order valence-corrected chi connectivity index (χ2v) is 9.81. The van der Waals surface area contributed by atoms with Gasteiger partial charge in [-0.25, -0.2) is 4.98 Å². The van der Waals surface area contributed by atoms with Crippen LogP contribution in [0.2, 0.25) is 0 Å². The highest BCUT2D eigenvalue weighted by molar-refractivity contribution is 6.31. The first-order valence-corrected chi connectivity index (χ1v) is 12.7. The van der Waals surface area contributed by atoms with Gasteiger partial charge in [0.15, 0.2) is 6.20 Å². The first-order valence-electron chi connectivity index (χ1n) is 12.3. The van der Waals surface area contributed by atoms with E-state index in [2.05, 4.69) is 44.0 Å². The highest BCUT2D eigenvalue weighted by Crippen LogP contribution is 2.27. The van der Waals surface area contributed by atoms with Crippen LogP contribution in [0.4, 0.5) is 28.4 Å². The minimum Gasteiger partial charge on any atom is -1.00 e. The number of aromatic amines is 1. The molecule has 5 rings (SSSR count). The maximum atomic E-state index is 13.0. The van der Waals surface area contributed by atoms with Crippen LogP contribution < -0.4 is 38.2 Å². The van der Waals surface area contributed by atoms with Crippen molar-refractivity contribution in [2.24, 2.45) is 0 Å². The highest BCUT2D eigenvalue weighted by Gasteiger charge is 2.14. The van der Waals surface area contributed by atoms with E-state index in [1.54, 1.807) is 6.07 Å². The Morgan fingerprint density at radius 3 is 2.51 bits per heavy atom. The molecule has 39 heavy (non-hydrogen) atoms. The van der Waals surface area contributed by atoms with E-state index in [-0.39, 0.29) is 24.5 Å². The molecule has 7 nitrogen and oxygen atoms in total.